The van der Waals surface area contributed by atoms with Crippen LogP contribution in [0.2, 0.25) is 0 Å². The maximum Gasteiger partial charge on any atom is 0.253 e. The van der Waals surface area contributed by atoms with Crippen LogP contribution >= 0.6 is 0 Å². The highest BCUT2D eigenvalue weighted by molar-refractivity contribution is 5.98. The summed E-state index contributed by atoms with van der Waals surface area (Å²) in [5, 5.41) is 2.76. The van der Waals surface area contributed by atoms with Gasteiger partial charge in [-0.2, -0.15) is 0 Å². The summed E-state index contributed by atoms with van der Waals surface area (Å²) in [6, 6.07) is 11.2. The second-order valence-electron chi connectivity index (χ2n) is 8.12. The molecule has 1 fully saturated rings. The van der Waals surface area contributed by atoms with Crippen molar-refractivity contribution in [3.05, 3.63) is 59.4 Å². The Bertz CT molecular complexity index is 1020. The molecule has 2 aromatic rings. The lowest BCUT2D eigenvalue weighted by Crippen LogP contribution is -2.50. The largest absolute Gasteiger partial charge is 0.336 e. The number of piperazine rings is 1. The van der Waals surface area contributed by atoms with Gasteiger partial charge in [-0.25, -0.2) is 4.39 Å². The van der Waals surface area contributed by atoms with Crippen molar-refractivity contribution in [3.8, 4) is 0 Å². The molecular weight excluding hydrogens is 411 g/mol. The molecule has 4 rings (SSSR count). The van der Waals surface area contributed by atoms with E-state index in [9.17, 15) is 18.8 Å². The first kappa shape index (κ1) is 22.0. The molecular formula is C24H27FN4O3. The summed E-state index contributed by atoms with van der Waals surface area (Å²) < 4.78 is 13.0. The molecule has 2 aromatic carbocycles. The number of carbonyl (C=O) groups is 3. The van der Waals surface area contributed by atoms with E-state index >= 15 is 0 Å². The summed E-state index contributed by atoms with van der Waals surface area (Å²) in [6.45, 7) is 5.03. The highest BCUT2D eigenvalue weighted by Crippen LogP contribution is 2.30. The third kappa shape index (κ3) is 4.80. The minimum atomic E-state index is -0.348. The van der Waals surface area contributed by atoms with Gasteiger partial charge in [0, 0.05) is 56.1 Å². The fraction of sp³-hybridized carbons (Fsp3) is 0.375. The lowest BCUT2D eigenvalue weighted by Gasteiger charge is -2.34. The van der Waals surface area contributed by atoms with Gasteiger partial charge in [0.15, 0.2) is 0 Å². The van der Waals surface area contributed by atoms with Crippen molar-refractivity contribution in [2.45, 2.75) is 19.8 Å². The van der Waals surface area contributed by atoms with Crippen LogP contribution in [0.25, 0.3) is 0 Å². The molecule has 1 saturated heterocycles. The normalized spacial score (nSPS) is 16.1. The molecule has 2 aliphatic rings. The van der Waals surface area contributed by atoms with Crippen molar-refractivity contribution < 1.29 is 18.8 Å². The molecule has 0 aromatic heterocycles. The Hall–Kier alpha value is -3.26. The van der Waals surface area contributed by atoms with Crippen molar-refractivity contribution in [2.24, 2.45) is 0 Å². The fourth-order valence-electron chi connectivity index (χ4n) is 4.21. The van der Waals surface area contributed by atoms with Crippen molar-refractivity contribution in [1.82, 2.24) is 9.80 Å². The molecule has 1 N–H and O–H groups in total. The van der Waals surface area contributed by atoms with E-state index in [1.807, 2.05) is 24.0 Å². The Morgan fingerprint density at radius 1 is 0.969 bits per heavy atom. The third-order valence-corrected chi connectivity index (χ3v) is 5.98. The molecule has 7 nitrogen and oxygen atoms in total. The Labute approximate surface area is 186 Å². The quantitative estimate of drug-likeness (QED) is 0.779. The van der Waals surface area contributed by atoms with Crippen LogP contribution in [-0.2, 0) is 16.0 Å². The Morgan fingerprint density at radius 3 is 2.38 bits per heavy atom. The number of hydrogen-bond acceptors (Lipinski definition) is 4. The molecule has 32 heavy (non-hydrogen) atoms. The summed E-state index contributed by atoms with van der Waals surface area (Å²) in [5.74, 6) is -0.439. The highest BCUT2D eigenvalue weighted by atomic mass is 19.1. The van der Waals surface area contributed by atoms with Crippen LogP contribution in [0.4, 0.5) is 15.8 Å². The van der Waals surface area contributed by atoms with Gasteiger partial charge in [-0.05, 0) is 54.4 Å². The first-order valence-electron chi connectivity index (χ1n) is 10.9. The maximum atomic E-state index is 13.0. The Kier molecular flexibility index (Phi) is 6.50. The van der Waals surface area contributed by atoms with E-state index in [0.29, 0.717) is 50.4 Å². The summed E-state index contributed by atoms with van der Waals surface area (Å²) >= 11 is 0. The molecule has 0 bridgehead atoms. The van der Waals surface area contributed by atoms with E-state index in [-0.39, 0.29) is 30.1 Å². The van der Waals surface area contributed by atoms with Crippen molar-refractivity contribution in [1.29, 1.82) is 0 Å². The van der Waals surface area contributed by atoms with E-state index < -0.39 is 0 Å². The molecule has 0 spiro atoms. The van der Waals surface area contributed by atoms with Gasteiger partial charge < -0.3 is 15.1 Å². The van der Waals surface area contributed by atoms with Crippen molar-refractivity contribution in [3.63, 3.8) is 0 Å². The van der Waals surface area contributed by atoms with Gasteiger partial charge in [0.05, 0.1) is 6.54 Å². The molecule has 8 heteroatoms. The molecule has 2 heterocycles. The summed E-state index contributed by atoms with van der Waals surface area (Å²) in [5.41, 5.74) is 3.14. The number of halogens is 1. The van der Waals surface area contributed by atoms with Gasteiger partial charge in [-0.15, -0.1) is 0 Å². The number of carbonyl (C=O) groups excluding carboxylic acids is 3. The van der Waals surface area contributed by atoms with Crippen molar-refractivity contribution >= 4 is 29.1 Å². The molecule has 2 aliphatic heterocycles. The molecule has 0 atom stereocenters. The van der Waals surface area contributed by atoms with E-state index in [1.165, 1.54) is 24.3 Å². The lowest BCUT2D eigenvalue weighted by molar-refractivity contribution is -0.118. The van der Waals surface area contributed by atoms with Crippen LogP contribution in [0.5, 0.6) is 0 Å². The standard InChI is InChI=1S/C24H27FN4O3/c1-2-23(31)29-10-9-17-15-18(3-8-21(17)29)24(32)28-13-11-27(12-14-28)16-22(30)26-20-6-4-19(25)5-7-20/h3-8,15H,2,9-14,16H2,1H3,(H,26,30). The number of nitrogens with zero attached hydrogens (tertiary/aromatic N) is 3. The number of benzene rings is 2. The predicted octanol–water partition coefficient (Wildman–Crippen LogP) is 2.52. The summed E-state index contributed by atoms with van der Waals surface area (Å²) in [6.07, 6.45) is 1.23. The van der Waals surface area contributed by atoms with Gasteiger partial charge in [0.25, 0.3) is 5.91 Å². The molecule has 168 valence electrons. The van der Waals surface area contributed by atoms with E-state index in [1.54, 1.807) is 15.9 Å². The Balaban J connectivity index is 1.30. The SMILES string of the molecule is CCC(=O)N1CCc2cc(C(=O)N3CCN(CC(=O)Nc4ccc(F)cc4)CC3)ccc21. The lowest BCUT2D eigenvalue weighted by atomic mass is 10.1. The number of fused-ring (bicyclic) bond motifs is 1. The van der Waals surface area contributed by atoms with Gasteiger partial charge in [-0.3, -0.25) is 19.3 Å². The van der Waals surface area contributed by atoms with Crippen molar-refractivity contribution in [2.75, 3.05) is 49.5 Å². The summed E-state index contributed by atoms with van der Waals surface area (Å²) in [7, 11) is 0. The predicted molar refractivity (Wildman–Crippen MR) is 120 cm³/mol. The van der Waals surface area contributed by atoms with Crippen LogP contribution < -0.4 is 10.2 Å². The molecule has 0 aliphatic carbocycles. The number of rotatable bonds is 5. The molecule has 0 radical (unpaired) electrons. The number of hydrogen-bond donors (Lipinski definition) is 1. The maximum absolute atomic E-state index is 13.0. The number of nitrogens with one attached hydrogen (secondary N) is 1. The van der Waals surface area contributed by atoms with Gasteiger partial charge in [-0.1, -0.05) is 6.92 Å². The van der Waals surface area contributed by atoms with Crippen LogP contribution in [0.15, 0.2) is 42.5 Å². The first-order valence-corrected chi connectivity index (χ1v) is 10.9. The number of amides is 3. The van der Waals surface area contributed by atoms with Crippen LogP contribution in [0.1, 0.15) is 29.3 Å². The van der Waals surface area contributed by atoms with Gasteiger partial charge >= 0.3 is 0 Å². The monoisotopic (exact) mass is 438 g/mol. The highest BCUT2D eigenvalue weighted by Gasteiger charge is 2.27. The first-order chi connectivity index (χ1) is 15.4. The average molecular weight is 439 g/mol. The zero-order chi connectivity index (χ0) is 22.7. The molecule has 0 unspecified atom stereocenters. The second-order valence-corrected chi connectivity index (χ2v) is 8.12. The fourth-order valence-corrected chi connectivity index (χ4v) is 4.21. The van der Waals surface area contributed by atoms with Gasteiger partial charge in [0.2, 0.25) is 11.8 Å². The topological polar surface area (TPSA) is 73.0 Å². The minimum Gasteiger partial charge on any atom is -0.336 e. The molecule has 3 amide bonds. The molecule has 0 saturated carbocycles. The minimum absolute atomic E-state index is 0.0246. The van der Waals surface area contributed by atoms with Crippen LogP contribution in [-0.4, -0.2) is 66.8 Å². The Morgan fingerprint density at radius 2 is 1.69 bits per heavy atom. The smallest absolute Gasteiger partial charge is 0.253 e. The van der Waals surface area contributed by atoms with Crippen LogP contribution in [0, 0.1) is 5.82 Å². The van der Waals surface area contributed by atoms with E-state index in [0.717, 1.165) is 17.7 Å². The summed E-state index contributed by atoms with van der Waals surface area (Å²) in [4.78, 5) is 42.9. The van der Waals surface area contributed by atoms with E-state index in [4.69, 9.17) is 0 Å². The third-order valence-electron chi connectivity index (χ3n) is 5.98. The van der Waals surface area contributed by atoms with E-state index in [2.05, 4.69) is 5.32 Å². The zero-order valence-corrected chi connectivity index (χ0v) is 18.1. The zero-order valence-electron chi connectivity index (χ0n) is 18.1. The van der Waals surface area contributed by atoms with Gasteiger partial charge in [0.1, 0.15) is 5.82 Å². The van der Waals surface area contributed by atoms with Crippen LogP contribution in [0.3, 0.4) is 0 Å². The second kappa shape index (κ2) is 9.48. The number of anilines is 2. The average Bonchev–Trinajstić information content (AvgIpc) is 3.23.